The fourth-order valence-electron chi connectivity index (χ4n) is 1.26. The maximum Gasteiger partial charge on any atom is 0.305 e. The molecule has 5 heteroatoms. The van der Waals surface area contributed by atoms with Gasteiger partial charge in [0.2, 0.25) is 0 Å². The zero-order valence-corrected chi connectivity index (χ0v) is 12.8. The Hall–Kier alpha value is -0.136. The van der Waals surface area contributed by atoms with Crippen LogP contribution in [0, 0.1) is 0 Å². The Morgan fingerprint density at radius 2 is 1.50 bits per heavy atom. The average Bonchev–Trinajstić information content (AvgIpc) is 1.78. The van der Waals surface area contributed by atoms with Crippen LogP contribution >= 0.6 is 0 Å². The highest BCUT2D eigenvalue weighted by molar-refractivity contribution is 6.83. The maximum absolute atomic E-state index is 6.11. The average molecular weight is 232 g/mol. The van der Waals surface area contributed by atoms with Crippen LogP contribution in [0.4, 0.5) is 0 Å². The van der Waals surface area contributed by atoms with Crippen LogP contribution < -0.4 is 0 Å². The Labute approximate surface area is 90.5 Å². The van der Waals surface area contributed by atoms with E-state index in [-0.39, 0.29) is 0 Å². The minimum absolute atomic E-state index is 1.06. The predicted octanol–water partition coefficient (Wildman–Crippen LogP) is 2.52. The molecule has 0 amide bonds. The van der Waals surface area contributed by atoms with E-state index < -0.39 is 16.8 Å². The van der Waals surface area contributed by atoms with Gasteiger partial charge in [0.25, 0.3) is 0 Å². The highest BCUT2D eigenvalue weighted by Crippen LogP contribution is 2.15. The van der Waals surface area contributed by atoms with Crippen LogP contribution in [-0.4, -0.2) is 41.6 Å². The lowest BCUT2D eigenvalue weighted by atomic mass is 10.6. The zero-order valence-electron chi connectivity index (χ0n) is 10.8. The van der Waals surface area contributed by atoms with Gasteiger partial charge in [-0.2, -0.15) is 0 Å². The molecule has 84 valence electrons. The molecule has 0 spiro atoms. The molecule has 0 saturated carbocycles. The second kappa shape index (κ2) is 4.59. The third-order valence-corrected chi connectivity index (χ3v) is 6.94. The second-order valence-corrected chi connectivity index (χ2v) is 13.4. The fraction of sp³-hybridized carbons (Fsp3) is 0.889. The van der Waals surface area contributed by atoms with Crippen molar-refractivity contribution in [2.75, 3.05) is 14.1 Å². The van der Waals surface area contributed by atoms with Gasteiger partial charge in [-0.1, -0.05) is 0 Å². The van der Waals surface area contributed by atoms with Gasteiger partial charge in [-0.05, 0) is 39.7 Å². The third kappa shape index (κ3) is 6.34. The molecule has 0 unspecified atom stereocenters. The molecule has 0 aliphatic rings. The maximum atomic E-state index is 6.11. The van der Waals surface area contributed by atoms with E-state index in [9.17, 15) is 0 Å². The van der Waals surface area contributed by atoms with Crippen molar-refractivity contribution in [1.82, 2.24) is 4.90 Å². The van der Waals surface area contributed by atoms with E-state index >= 15 is 0 Å². The van der Waals surface area contributed by atoms with Crippen molar-refractivity contribution in [3.8, 4) is 0 Å². The molecule has 0 aromatic carbocycles. The van der Waals surface area contributed by atoms with Gasteiger partial charge in [-0.3, -0.25) is 4.66 Å². The zero-order chi connectivity index (χ0) is 11.6. The Bertz CT molecular complexity index is 219. The van der Waals surface area contributed by atoms with Gasteiger partial charge < -0.3 is 9.02 Å². The van der Waals surface area contributed by atoms with Gasteiger partial charge in [0.05, 0.1) is 5.84 Å². The van der Waals surface area contributed by atoms with Crippen LogP contribution in [0.5, 0.6) is 0 Å². The van der Waals surface area contributed by atoms with E-state index in [1.165, 1.54) is 0 Å². The van der Waals surface area contributed by atoms with Crippen molar-refractivity contribution in [3.63, 3.8) is 0 Å². The minimum Gasteiger partial charge on any atom is -0.440 e. The van der Waals surface area contributed by atoms with E-state index in [4.69, 9.17) is 4.12 Å². The first-order valence-electron chi connectivity index (χ1n) is 4.97. The SMILES string of the molecule is CC(=N[Si](C)(C)O[Si](C)(C)C)N(C)C. The smallest absolute Gasteiger partial charge is 0.305 e. The monoisotopic (exact) mass is 232 g/mol. The van der Waals surface area contributed by atoms with Crippen molar-refractivity contribution in [2.24, 2.45) is 4.66 Å². The molecule has 0 saturated heterocycles. The van der Waals surface area contributed by atoms with E-state index in [2.05, 4.69) is 37.4 Å². The van der Waals surface area contributed by atoms with Gasteiger partial charge in [-0.25, -0.2) is 0 Å². The summed E-state index contributed by atoms with van der Waals surface area (Å²) < 4.78 is 10.8. The lowest BCUT2D eigenvalue weighted by Crippen LogP contribution is -2.42. The fourth-order valence-corrected chi connectivity index (χ4v) is 8.42. The van der Waals surface area contributed by atoms with Gasteiger partial charge >= 0.3 is 8.48 Å². The Kier molecular flexibility index (Phi) is 4.54. The first-order valence-corrected chi connectivity index (χ1v) is 11.2. The Morgan fingerprint density at radius 1 is 1.07 bits per heavy atom. The Morgan fingerprint density at radius 3 is 1.79 bits per heavy atom. The lowest BCUT2D eigenvalue weighted by molar-refractivity contribution is 0.547. The van der Waals surface area contributed by atoms with Gasteiger partial charge in [-0.15, -0.1) is 0 Å². The van der Waals surface area contributed by atoms with Crippen LogP contribution in [0.25, 0.3) is 0 Å². The van der Waals surface area contributed by atoms with Crippen molar-refractivity contribution < 1.29 is 4.12 Å². The number of rotatable bonds is 3. The van der Waals surface area contributed by atoms with E-state index in [1.54, 1.807) is 0 Å². The summed E-state index contributed by atoms with van der Waals surface area (Å²) in [6.07, 6.45) is 0. The largest absolute Gasteiger partial charge is 0.440 e. The van der Waals surface area contributed by atoms with Gasteiger partial charge in [0.1, 0.15) is 0 Å². The summed E-state index contributed by atoms with van der Waals surface area (Å²) in [5, 5.41) is 0. The highest BCUT2D eigenvalue weighted by atomic mass is 28.4. The predicted molar refractivity (Wildman–Crippen MR) is 68.7 cm³/mol. The summed E-state index contributed by atoms with van der Waals surface area (Å²) in [4.78, 5) is 2.03. The molecule has 0 aromatic heterocycles. The standard InChI is InChI=1S/C9H24N2OSi2/c1-9(11(2)3)10-14(7,8)12-13(4,5)6/h1-8H3. The summed E-state index contributed by atoms with van der Waals surface area (Å²) >= 11 is 0. The number of hydrogen-bond acceptors (Lipinski definition) is 2. The highest BCUT2D eigenvalue weighted by Gasteiger charge is 2.29. The molecule has 0 aliphatic heterocycles. The summed E-state index contributed by atoms with van der Waals surface area (Å²) in [7, 11) is 0.709. The number of nitrogens with zero attached hydrogens (tertiary/aromatic N) is 2. The molecule has 0 heterocycles. The van der Waals surface area contributed by atoms with Crippen LogP contribution in [-0.2, 0) is 4.12 Å². The third-order valence-electron chi connectivity index (χ3n) is 1.63. The van der Waals surface area contributed by atoms with Crippen molar-refractivity contribution in [2.45, 2.75) is 39.7 Å². The van der Waals surface area contributed by atoms with E-state index in [0.717, 1.165) is 5.84 Å². The number of hydrogen-bond donors (Lipinski definition) is 0. The quantitative estimate of drug-likeness (QED) is 0.424. The molecule has 0 aromatic rings. The van der Waals surface area contributed by atoms with Crippen molar-refractivity contribution in [3.05, 3.63) is 0 Å². The van der Waals surface area contributed by atoms with Crippen molar-refractivity contribution in [1.29, 1.82) is 0 Å². The van der Waals surface area contributed by atoms with Crippen LogP contribution in [0.2, 0.25) is 32.7 Å². The van der Waals surface area contributed by atoms with E-state index in [0.29, 0.717) is 0 Å². The first-order chi connectivity index (χ1) is 6.03. The molecule has 3 nitrogen and oxygen atoms in total. The number of amidine groups is 1. The molecule has 0 rings (SSSR count). The summed E-state index contributed by atoms with van der Waals surface area (Å²) in [6.45, 7) is 13.0. The minimum atomic E-state index is -1.86. The summed E-state index contributed by atoms with van der Waals surface area (Å²) in [6, 6.07) is 0. The molecule has 0 radical (unpaired) electrons. The molecular formula is C9H24N2OSi2. The van der Waals surface area contributed by atoms with Crippen LogP contribution in [0.3, 0.4) is 0 Å². The molecule has 0 fully saturated rings. The van der Waals surface area contributed by atoms with E-state index in [1.807, 2.05) is 25.9 Å². The van der Waals surface area contributed by atoms with Crippen LogP contribution in [0.15, 0.2) is 4.66 Å². The molecule has 0 aliphatic carbocycles. The van der Waals surface area contributed by atoms with Crippen LogP contribution in [0.1, 0.15) is 6.92 Å². The van der Waals surface area contributed by atoms with Gasteiger partial charge in [0.15, 0.2) is 8.32 Å². The van der Waals surface area contributed by atoms with Gasteiger partial charge in [0, 0.05) is 14.1 Å². The van der Waals surface area contributed by atoms with Crippen molar-refractivity contribution >= 4 is 22.6 Å². The summed E-state index contributed by atoms with van der Waals surface area (Å²) in [5.41, 5.74) is 0. The second-order valence-electron chi connectivity index (χ2n) is 5.21. The molecule has 0 bridgehead atoms. The molecule has 0 atom stereocenters. The lowest BCUT2D eigenvalue weighted by Gasteiger charge is -2.29. The normalized spacial score (nSPS) is 14.4. The molecule has 0 N–H and O–H groups in total. The molecule has 14 heavy (non-hydrogen) atoms. The Balaban J connectivity index is 4.56. The topological polar surface area (TPSA) is 24.8 Å². The first kappa shape index (κ1) is 13.9. The summed E-state index contributed by atoms with van der Waals surface area (Å²) in [5.74, 6) is 1.06. The molecular weight excluding hydrogens is 208 g/mol.